The zero-order chi connectivity index (χ0) is 14.8. The molecule has 0 aliphatic heterocycles. The molecule has 0 spiro atoms. The molecular weight excluding hydrogens is 264 g/mol. The van der Waals surface area contributed by atoms with Crippen LogP contribution in [-0.4, -0.2) is 24.5 Å². The Kier molecular flexibility index (Phi) is 3.43. The van der Waals surface area contributed by atoms with E-state index < -0.39 is 0 Å². The Morgan fingerprint density at radius 1 is 1.19 bits per heavy atom. The summed E-state index contributed by atoms with van der Waals surface area (Å²) in [6.45, 7) is 2.80. The molecule has 0 aliphatic carbocycles. The van der Waals surface area contributed by atoms with Crippen molar-refractivity contribution in [1.29, 1.82) is 0 Å². The maximum absolute atomic E-state index is 4.27. The molecule has 0 amide bonds. The van der Waals surface area contributed by atoms with Crippen molar-refractivity contribution < 1.29 is 0 Å². The molecule has 1 N–H and O–H groups in total. The van der Waals surface area contributed by atoms with Crippen molar-refractivity contribution in [2.75, 3.05) is 5.32 Å². The SMILES string of the molecule is Cc1c(CNc2ccccc2-c2nncn2C)cnn1C. The summed E-state index contributed by atoms with van der Waals surface area (Å²) in [5, 5.41) is 15.9. The highest BCUT2D eigenvalue weighted by molar-refractivity contribution is 5.73. The van der Waals surface area contributed by atoms with Crippen LogP contribution in [0.15, 0.2) is 36.8 Å². The number of nitrogens with zero attached hydrogens (tertiary/aromatic N) is 5. The van der Waals surface area contributed by atoms with Crippen LogP contribution < -0.4 is 5.32 Å². The highest BCUT2D eigenvalue weighted by Gasteiger charge is 2.10. The number of aromatic nitrogens is 5. The van der Waals surface area contributed by atoms with Crippen molar-refractivity contribution in [2.45, 2.75) is 13.5 Å². The minimum absolute atomic E-state index is 0.731. The molecule has 0 saturated heterocycles. The van der Waals surface area contributed by atoms with E-state index in [-0.39, 0.29) is 0 Å². The lowest BCUT2D eigenvalue weighted by molar-refractivity contribution is 0.738. The largest absolute Gasteiger partial charge is 0.380 e. The summed E-state index contributed by atoms with van der Waals surface area (Å²) in [5.74, 6) is 0.848. The van der Waals surface area contributed by atoms with E-state index in [0.29, 0.717) is 0 Å². The van der Waals surface area contributed by atoms with Gasteiger partial charge in [-0.05, 0) is 19.1 Å². The minimum Gasteiger partial charge on any atom is -0.380 e. The van der Waals surface area contributed by atoms with Crippen molar-refractivity contribution in [3.05, 3.63) is 48.0 Å². The second kappa shape index (κ2) is 5.40. The fourth-order valence-electron chi connectivity index (χ4n) is 2.27. The molecule has 3 aromatic rings. The summed E-state index contributed by atoms with van der Waals surface area (Å²) in [4.78, 5) is 0. The normalized spacial score (nSPS) is 10.8. The van der Waals surface area contributed by atoms with E-state index in [1.807, 2.05) is 47.7 Å². The Morgan fingerprint density at radius 3 is 2.67 bits per heavy atom. The van der Waals surface area contributed by atoms with Gasteiger partial charge in [0.1, 0.15) is 6.33 Å². The standard InChI is InChI=1S/C15H18N6/c1-11-12(9-18-21(11)3)8-16-14-7-5-4-6-13(14)15-19-17-10-20(15)2/h4-7,9-10,16H,8H2,1-3H3. The lowest BCUT2D eigenvalue weighted by Crippen LogP contribution is -2.03. The maximum atomic E-state index is 4.27. The first-order chi connectivity index (χ1) is 10.2. The Bertz CT molecular complexity index is 755. The summed E-state index contributed by atoms with van der Waals surface area (Å²) in [6.07, 6.45) is 3.60. The molecule has 0 aliphatic rings. The van der Waals surface area contributed by atoms with E-state index in [2.05, 4.69) is 33.6 Å². The number of hydrogen-bond acceptors (Lipinski definition) is 4. The van der Waals surface area contributed by atoms with E-state index in [0.717, 1.165) is 23.6 Å². The number of benzene rings is 1. The summed E-state index contributed by atoms with van der Waals surface area (Å²) in [7, 11) is 3.89. The molecular formula is C15H18N6. The van der Waals surface area contributed by atoms with Crippen LogP contribution in [-0.2, 0) is 20.6 Å². The van der Waals surface area contributed by atoms with Gasteiger partial charge < -0.3 is 9.88 Å². The van der Waals surface area contributed by atoms with E-state index in [4.69, 9.17) is 0 Å². The molecule has 21 heavy (non-hydrogen) atoms. The van der Waals surface area contributed by atoms with Gasteiger partial charge in [-0.15, -0.1) is 10.2 Å². The summed E-state index contributed by atoms with van der Waals surface area (Å²) >= 11 is 0. The van der Waals surface area contributed by atoms with E-state index in [1.54, 1.807) is 6.33 Å². The smallest absolute Gasteiger partial charge is 0.165 e. The summed E-state index contributed by atoms with van der Waals surface area (Å²) in [5.41, 5.74) is 4.43. The number of rotatable bonds is 4. The number of hydrogen-bond donors (Lipinski definition) is 1. The predicted octanol–water partition coefficient (Wildman–Crippen LogP) is 2.14. The van der Waals surface area contributed by atoms with Gasteiger partial charge >= 0.3 is 0 Å². The maximum Gasteiger partial charge on any atom is 0.165 e. The molecule has 0 bridgehead atoms. The lowest BCUT2D eigenvalue weighted by atomic mass is 10.1. The molecule has 0 radical (unpaired) electrons. The molecule has 0 atom stereocenters. The van der Waals surface area contributed by atoms with Crippen LogP contribution >= 0.6 is 0 Å². The Hall–Kier alpha value is -2.63. The van der Waals surface area contributed by atoms with Crippen LogP contribution in [0.2, 0.25) is 0 Å². The monoisotopic (exact) mass is 282 g/mol. The first-order valence-electron chi connectivity index (χ1n) is 6.81. The third-order valence-electron chi connectivity index (χ3n) is 3.69. The topological polar surface area (TPSA) is 60.6 Å². The van der Waals surface area contributed by atoms with Crippen molar-refractivity contribution in [3.63, 3.8) is 0 Å². The molecule has 2 heterocycles. The third-order valence-corrected chi connectivity index (χ3v) is 3.69. The Balaban J connectivity index is 1.87. The fourth-order valence-corrected chi connectivity index (χ4v) is 2.27. The average Bonchev–Trinajstić information content (AvgIpc) is 3.05. The molecule has 108 valence electrons. The molecule has 3 rings (SSSR count). The van der Waals surface area contributed by atoms with Crippen molar-refractivity contribution >= 4 is 5.69 Å². The Morgan fingerprint density at radius 2 is 2.00 bits per heavy atom. The van der Waals surface area contributed by atoms with E-state index in [9.17, 15) is 0 Å². The Labute approximate surface area is 123 Å². The number of nitrogens with one attached hydrogen (secondary N) is 1. The van der Waals surface area contributed by atoms with Gasteiger partial charge in [0.2, 0.25) is 0 Å². The third kappa shape index (κ3) is 2.52. The van der Waals surface area contributed by atoms with Crippen molar-refractivity contribution in [3.8, 4) is 11.4 Å². The molecule has 0 unspecified atom stereocenters. The van der Waals surface area contributed by atoms with Gasteiger partial charge in [-0.3, -0.25) is 4.68 Å². The molecule has 0 fully saturated rings. The molecule has 6 heteroatoms. The number of anilines is 1. The zero-order valence-corrected chi connectivity index (χ0v) is 12.4. The lowest BCUT2D eigenvalue weighted by Gasteiger charge is -2.11. The zero-order valence-electron chi connectivity index (χ0n) is 12.4. The first-order valence-corrected chi connectivity index (χ1v) is 6.81. The minimum atomic E-state index is 0.731. The van der Waals surface area contributed by atoms with E-state index >= 15 is 0 Å². The van der Waals surface area contributed by atoms with Crippen LogP contribution in [0.5, 0.6) is 0 Å². The second-order valence-electron chi connectivity index (χ2n) is 5.04. The predicted molar refractivity (Wildman–Crippen MR) is 81.7 cm³/mol. The van der Waals surface area contributed by atoms with Gasteiger partial charge in [-0.1, -0.05) is 12.1 Å². The average molecular weight is 282 g/mol. The highest BCUT2D eigenvalue weighted by Crippen LogP contribution is 2.26. The van der Waals surface area contributed by atoms with Gasteiger partial charge in [-0.2, -0.15) is 5.10 Å². The summed E-state index contributed by atoms with van der Waals surface area (Å²) in [6, 6.07) is 8.11. The molecule has 0 saturated carbocycles. The van der Waals surface area contributed by atoms with Crippen LogP contribution in [0.4, 0.5) is 5.69 Å². The van der Waals surface area contributed by atoms with Crippen LogP contribution in [0.3, 0.4) is 0 Å². The molecule has 6 nitrogen and oxygen atoms in total. The van der Waals surface area contributed by atoms with Gasteiger partial charge in [-0.25, -0.2) is 0 Å². The molecule has 2 aromatic heterocycles. The van der Waals surface area contributed by atoms with Crippen molar-refractivity contribution in [1.82, 2.24) is 24.5 Å². The van der Waals surface area contributed by atoms with Gasteiger partial charge in [0.25, 0.3) is 0 Å². The quantitative estimate of drug-likeness (QED) is 0.796. The number of para-hydroxylation sites is 1. The van der Waals surface area contributed by atoms with Crippen LogP contribution in [0.25, 0.3) is 11.4 Å². The molecule has 1 aromatic carbocycles. The van der Waals surface area contributed by atoms with E-state index in [1.165, 1.54) is 11.3 Å². The highest BCUT2D eigenvalue weighted by atomic mass is 15.3. The van der Waals surface area contributed by atoms with Crippen LogP contribution in [0.1, 0.15) is 11.3 Å². The van der Waals surface area contributed by atoms with Gasteiger partial charge in [0, 0.05) is 43.1 Å². The summed E-state index contributed by atoms with van der Waals surface area (Å²) < 4.78 is 3.79. The number of aryl methyl sites for hydroxylation is 2. The fraction of sp³-hybridized carbons (Fsp3) is 0.267. The van der Waals surface area contributed by atoms with Gasteiger partial charge in [0.15, 0.2) is 5.82 Å². The van der Waals surface area contributed by atoms with Gasteiger partial charge in [0.05, 0.1) is 6.20 Å². The first kappa shape index (κ1) is 13.4. The van der Waals surface area contributed by atoms with Crippen LogP contribution in [0, 0.1) is 6.92 Å². The second-order valence-corrected chi connectivity index (χ2v) is 5.04. The van der Waals surface area contributed by atoms with Crippen molar-refractivity contribution in [2.24, 2.45) is 14.1 Å².